The zero-order chi connectivity index (χ0) is 9.52. The van der Waals surface area contributed by atoms with Gasteiger partial charge in [0.2, 0.25) is 0 Å². The minimum Gasteiger partial charge on any atom is -0.324 e. The van der Waals surface area contributed by atoms with Gasteiger partial charge in [0.05, 0.1) is 0 Å². The maximum atomic E-state index is 5.97. The summed E-state index contributed by atoms with van der Waals surface area (Å²) in [7, 11) is 0. The average Bonchev–Trinajstić information content (AvgIpc) is 2.19. The summed E-state index contributed by atoms with van der Waals surface area (Å²) in [6, 6.07) is 10.3. The van der Waals surface area contributed by atoms with Crippen LogP contribution in [0.5, 0.6) is 0 Å². The van der Waals surface area contributed by atoms with Crippen LogP contribution in [0.4, 0.5) is 0 Å². The van der Waals surface area contributed by atoms with Gasteiger partial charge in [-0.2, -0.15) is 0 Å². The Morgan fingerprint density at radius 3 is 2.62 bits per heavy atom. The summed E-state index contributed by atoms with van der Waals surface area (Å²) < 4.78 is 0. The smallest absolute Gasteiger partial charge is 0.0303 e. The lowest BCUT2D eigenvalue weighted by molar-refractivity contribution is 0.668. The maximum absolute atomic E-state index is 5.97. The Balaban J connectivity index is 2.47. The highest BCUT2D eigenvalue weighted by molar-refractivity contribution is 5.18. The number of hydrogen-bond donors (Lipinski definition) is 1. The highest BCUT2D eigenvalue weighted by atomic mass is 14.6. The Kier molecular flexibility index (Phi) is 4.08. The van der Waals surface area contributed by atoms with Crippen LogP contribution in [-0.2, 0) is 0 Å². The van der Waals surface area contributed by atoms with Crippen LogP contribution in [0.3, 0.4) is 0 Å². The standard InChI is InChI=1S/C12H15N/c1-2-3-5-10-12(13)11-8-6-4-7-9-11/h4,6-9,12H,5,10,13H2,1H3. The first-order chi connectivity index (χ1) is 6.34. The summed E-state index contributed by atoms with van der Waals surface area (Å²) in [5.41, 5.74) is 7.16. The van der Waals surface area contributed by atoms with Gasteiger partial charge in [-0.05, 0) is 18.9 Å². The van der Waals surface area contributed by atoms with E-state index in [1.54, 1.807) is 0 Å². The third kappa shape index (κ3) is 3.31. The number of nitrogens with two attached hydrogens (primary N) is 1. The Morgan fingerprint density at radius 2 is 2.00 bits per heavy atom. The van der Waals surface area contributed by atoms with E-state index in [-0.39, 0.29) is 6.04 Å². The third-order valence-corrected chi connectivity index (χ3v) is 1.98. The van der Waals surface area contributed by atoms with Crippen LogP contribution in [0, 0.1) is 11.8 Å². The van der Waals surface area contributed by atoms with Crippen LogP contribution in [0.1, 0.15) is 31.4 Å². The number of benzene rings is 1. The molecule has 1 unspecified atom stereocenters. The van der Waals surface area contributed by atoms with Gasteiger partial charge in [-0.15, -0.1) is 11.8 Å². The van der Waals surface area contributed by atoms with Crippen molar-refractivity contribution in [2.45, 2.75) is 25.8 Å². The Hall–Kier alpha value is -1.26. The monoisotopic (exact) mass is 173 g/mol. The molecule has 0 amide bonds. The van der Waals surface area contributed by atoms with Crippen molar-refractivity contribution < 1.29 is 0 Å². The molecule has 13 heavy (non-hydrogen) atoms. The molecule has 0 heterocycles. The third-order valence-electron chi connectivity index (χ3n) is 1.98. The highest BCUT2D eigenvalue weighted by Crippen LogP contribution is 2.14. The fourth-order valence-corrected chi connectivity index (χ4v) is 1.22. The first-order valence-corrected chi connectivity index (χ1v) is 4.54. The van der Waals surface area contributed by atoms with E-state index in [0.717, 1.165) is 12.8 Å². The lowest BCUT2D eigenvalue weighted by Crippen LogP contribution is -2.09. The van der Waals surface area contributed by atoms with Crippen molar-refractivity contribution in [2.75, 3.05) is 0 Å². The van der Waals surface area contributed by atoms with Crippen LogP contribution < -0.4 is 5.73 Å². The van der Waals surface area contributed by atoms with Gasteiger partial charge in [0.25, 0.3) is 0 Å². The summed E-state index contributed by atoms with van der Waals surface area (Å²) in [6.07, 6.45) is 1.82. The molecule has 0 saturated heterocycles. The van der Waals surface area contributed by atoms with Gasteiger partial charge in [-0.3, -0.25) is 0 Å². The second-order valence-corrected chi connectivity index (χ2v) is 2.98. The number of rotatable bonds is 3. The lowest BCUT2D eigenvalue weighted by atomic mass is 10.0. The van der Waals surface area contributed by atoms with E-state index in [9.17, 15) is 0 Å². The van der Waals surface area contributed by atoms with Crippen LogP contribution in [0.15, 0.2) is 30.3 Å². The quantitative estimate of drug-likeness (QED) is 0.698. The molecule has 0 radical (unpaired) electrons. The van der Waals surface area contributed by atoms with Crippen molar-refractivity contribution in [1.29, 1.82) is 0 Å². The largest absolute Gasteiger partial charge is 0.324 e. The average molecular weight is 173 g/mol. The fraction of sp³-hybridized carbons (Fsp3) is 0.333. The molecule has 0 saturated carbocycles. The van der Waals surface area contributed by atoms with Crippen LogP contribution in [0.2, 0.25) is 0 Å². The van der Waals surface area contributed by atoms with E-state index < -0.39 is 0 Å². The summed E-state index contributed by atoms with van der Waals surface area (Å²) >= 11 is 0. The van der Waals surface area contributed by atoms with Gasteiger partial charge < -0.3 is 5.73 Å². The van der Waals surface area contributed by atoms with Crippen LogP contribution >= 0.6 is 0 Å². The molecule has 0 aromatic heterocycles. The van der Waals surface area contributed by atoms with Crippen LogP contribution in [-0.4, -0.2) is 0 Å². The van der Waals surface area contributed by atoms with E-state index in [4.69, 9.17) is 5.73 Å². The summed E-state index contributed by atoms with van der Waals surface area (Å²) in [6.45, 7) is 1.86. The molecule has 0 aliphatic heterocycles. The lowest BCUT2D eigenvalue weighted by Gasteiger charge is -2.09. The van der Waals surface area contributed by atoms with Crippen LogP contribution in [0.25, 0.3) is 0 Å². The Morgan fingerprint density at radius 1 is 1.31 bits per heavy atom. The van der Waals surface area contributed by atoms with Gasteiger partial charge >= 0.3 is 0 Å². The molecule has 0 aliphatic rings. The Labute approximate surface area is 80.0 Å². The maximum Gasteiger partial charge on any atom is 0.0303 e. The second kappa shape index (κ2) is 5.40. The molecule has 0 spiro atoms. The minimum atomic E-state index is 0.127. The normalized spacial score (nSPS) is 11.5. The van der Waals surface area contributed by atoms with Gasteiger partial charge in [-0.1, -0.05) is 30.3 Å². The predicted molar refractivity (Wildman–Crippen MR) is 56.1 cm³/mol. The van der Waals surface area contributed by atoms with Gasteiger partial charge in [0.1, 0.15) is 0 Å². The van der Waals surface area contributed by atoms with Gasteiger partial charge in [0.15, 0.2) is 0 Å². The van der Waals surface area contributed by atoms with E-state index in [0.29, 0.717) is 0 Å². The summed E-state index contributed by atoms with van der Waals surface area (Å²) in [5, 5.41) is 0. The molecule has 0 aliphatic carbocycles. The van der Waals surface area contributed by atoms with Gasteiger partial charge in [0, 0.05) is 12.5 Å². The number of hydrogen-bond acceptors (Lipinski definition) is 1. The first kappa shape index (κ1) is 9.83. The fourth-order valence-electron chi connectivity index (χ4n) is 1.22. The molecular weight excluding hydrogens is 158 g/mol. The molecule has 0 fully saturated rings. The van der Waals surface area contributed by atoms with Crippen molar-refractivity contribution in [1.82, 2.24) is 0 Å². The van der Waals surface area contributed by atoms with Gasteiger partial charge in [-0.25, -0.2) is 0 Å². The summed E-state index contributed by atoms with van der Waals surface area (Å²) in [4.78, 5) is 0. The van der Waals surface area contributed by atoms with E-state index >= 15 is 0 Å². The SMILES string of the molecule is CC#CCCC(N)c1ccccc1. The van der Waals surface area contributed by atoms with Crippen molar-refractivity contribution in [3.05, 3.63) is 35.9 Å². The molecule has 1 atom stereocenters. The minimum absolute atomic E-state index is 0.127. The van der Waals surface area contributed by atoms with E-state index in [2.05, 4.69) is 24.0 Å². The molecule has 68 valence electrons. The molecule has 0 bridgehead atoms. The predicted octanol–water partition coefficient (Wildman–Crippen LogP) is 2.49. The topological polar surface area (TPSA) is 26.0 Å². The molecule has 1 nitrogen and oxygen atoms in total. The van der Waals surface area contributed by atoms with E-state index in [1.165, 1.54) is 5.56 Å². The molecule has 1 aromatic carbocycles. The molecule has 1 aromatic rings. The first-order valence-electron chi connectivity index (χ1n) is 4.54. The molecule has 1 rings (SSSR count). The van der Waals surface area contributed by atoms with Crippen molar-refractivity contribution in [2.24, 2.45) is 5.73 Å². The van der Waals surface area contributed by atoms with Crippen molar-refractivity contribution in [3.63, 3.8) is 0 Å². The highest BCUT2D eigenvalue weighted by Gasteiger charge is 2.02. The zero-order valence-electron chi connectivity index (χ0n) is 7.96. The molecule has 2 N–H and O–H groups in total. The Bertz CT molecular complexity index is 292. The van der Waals surface area contributed by atoms with Crippen molar-refractivity contribution >= 4 is 0 Å². The summed E-state index contributed by atoms with van der Waals surface area (Å²) in [5.74, 6) is 5.89. The van der Waals surface area contributed by atoms with Crippen molar-refractivity contribution in [3.8, 4) is 11.8 Å². The molecular formula is C12H15N. The second-order valence-electron chi connectivity index (χ2n) is 2.98. The molecule has 1 heteroatoms. The zero-order valence-corrected chi connectivity index (χ0v) is 7.96. The van der Waals surface area contributed by atoms with E-state index in [1.807, 2.05) is 25.1 Å².